The van der Waals surface area contributed by atoms with Crippen LogP contribution in [-0.4, -0.2) is 28.0 Å². The SMILES string of the molecule is CC1CCCC(C)N1C(=O)c1cc(C2CC2)on1. The van der Waals surface area contributed by atoms with E-state index in [4.69, 9.17) is 4.52 Å². The smallest absolute Gasteiger partial charge is 0.276 e. The highest BCUT2D eigenvalue weighted by Gasteiger charge is 2.33. The van der Waals surface area contributed by atoms with Crippen LogP contribution in [-0.2, 0) is 0 Å². The minimum atomic E-state index is 0.0327. The molecule has 0 spiro atoms. The highest BCUT2D eigenvalue weighted by molar-refractivity contribution is 5.92. The molecular weight excluding hydrogens is 228 g/mol. The van der Waals surface area contributed by atoms with Crippen molar-refractivity contribution in [1.82, 2.24) is 10.1 Å². The Balaban J connectivity index is 1.79. The molecule has 4 nitrogen and oxygen atoms in total. The van der Waals surface area contributed by atoms with E-state index in [9.17, 15) is 4.79 Å². The molecule has 98 valence electrons. The molecular formula is C14H20N2O2. The van der Waals surface area contributed by atoms with Crippen LogP contribution in [0.2, 0.25) is 0 Å². The molecule has 1 aromatic rings. The number of carbonyl (C=O) groups excluding carboxylic acids is 1. The van der Waals surface area contributed by atoms with Gasteiger partial charge in [-0.05, 0) is 46.0 Å². The van der Waals surface area contributed by atoms with Gasteiger partial charge in [-0.25, -0.2) is 0 Å². The van der Waals surface area contributed by atoms with Crippen LogP contribution in [0, 0.1) is 0 Å². The second-order valence-electron chi connectivity index (χ2n) is 5.73. The minimum absolute atomic E-state index is 0.0327. The molecule has 1 aliphatic heterocycles. The predicted molar refractivity (Wildman–Crippen MR) is 67.4 cm³/mol. The summed E-state index contributed by atoms with van der Waals surface area (Å²) >= 11 is 0. The first-order valence-electron chi connectivity index (χ1n) is 6.96. The summed E-state index contributed by atoms with van der Waals surface area (Å²) in [6.45, 7) is 4.24. The quantitative estimate of drug-likeness (QED) is 0.808. The topological polar surface area (TPSA) is 46.3 Å². The van der Waals surface area contributed by atoms with Gasteiger partial charge in [0.15, 0.2) is 5.69 Å². The second-order valence-corrected chi connectivity index (χ2v) is 5.73. The summed E-state index contributed by atoms with van der Waals surface area (Å²) in [4.78, 5) is 14.5. The third kappa shape index (κ3) is 2.04. The molecule has 2 heterocycles. The zero-order chi connectivity index (χ0) is 12.7. The lowest BCUT2D eigenvalue weighted by atomic mass is 9.97. The van der Waals surface area contributed by atoms with Crippen LogP contribution < -0.4 is 0 Å². The van der Waals surface area contributed by atoms with Crippen molar-refractivity contribution < 1.29 is 9.32 Å². The van der Waals surface area contributed by atoms with Crippen LogP contribution in [0.1, 0.15) is 68.1 Å². The number of piperidine rings is 1. The van der Waals surface area contributed by atoms with Crippen LogP contribution in [0.25, 0.3) is 0 Å². The van der Waals surface area contributed by atoms with E-state index >= 15 is 0 Å². The second kappa shape index (κ2) is 4.41. The first kappa shape index (κ1) is 11.8. The predicted octanol–water partition coefficient (Wildman–Crippen LogP) is 2.96. The van der Waals surface area contributed by atoms with Crippen molar-refractivity contribution in [3.63, 3.8) is 0 Å². The highest BCUT2D eigenvalue weighted by atomic mass is 16.5. The molecule has 2 unspecified atom stereocenters. The molecule has 0 aromatic carbocycles. The van der Waals surface area contributed by atoms with Gasteiger partial charge in [0.25, 0.3) is 5.91 Å². The number of nitrogens with zero attached hydrogens (tertiary/aromatic N) is 2. The Morgan fingerprint density at radius 3 is 2.56 bits per heavy atom. The average Bonchev–Trinajstić information content (AvgIpc) is 3.07. The number of hydrogen-bond acceptors (Lipinski definition) is 3. The van der Waals surface area contributed by atoms with E-state index in [-0.39, 0.29) is 5.91 Å². The van der Waals surface area contributed by atoms with Crippen molar-refractivity contribution in [2.24, 2.45) is 0 Å². The Hall–Kier alpha value is -1.32. The summed E-state index contributed by atoms with van der Waals surface area (Å²) in [7, 11) is 0. The van der Waals surface area contributed by atoms with Gasteiger partial charge in [-0.15, -0.1) is 0 Å². The van der Waals surface area contributed by atoms with E-state index in [0.717, 1.165) is 18.6 Å². The molecule has 1 saturated carbocycles. The summed E-state index contributed by atoms with van der Waals surface area (Å²) < 4.78 is 5.27. The van der Waals surface area contributed by atoms with Gasteiger partial charge in [0, 0.05) is 24.1 Å². The first-order chi connectivity index (χ1) is 8.66. The van der Waals surface area contributed by atoms with Gasteiger partial charge in [0.05, 0.1) is 0 Å². The van der Waals surface area contributed by atoms with Gasteiger partial charge >= 0.3 is 0 Å². The fourth-order valence-corrected chi connectivity index (χ4v) is 2.90. The van der Waals surface area contributed by atoms with E-state index < -0.39 is 0 Å². The molecule has 0 radical (unpaired) electrons. The number of rotatable bonds is 2. The molecule has 1 amide bonds. The zero-order valence-electron chi connectivity index (χ0n) is 11.1. The van der Waals surface area contributed by atoms with Crippen molar-refractivity contribution in [3.8, 4) is 0 Å². The Bertz CT molecular complexity index is 440. The lowest BCUT2D eigenvalue weighted by molar-refractivity contribution is 0.0500. The fraction of sp³-hybridized carbons (Fsp3) is 0.714. The molecule has 2 aliphatic rings. The van der Waals surface area contributed by atoms with Crippen molar-refractivity contribution in [2.45, 2.75) is 64.0 Å². The van der Waals surface area contributed by atoms with Crippen molar-refractivity contribution in [2.75, 3.05) is 0 Å². The molecule has 1 aliphatic carbocycles. The number of likely N-dealkylation sites (tertiary alicyclic amines) is 1. The lowest BCUT2D eigenvalue weighted by Crippen LogP contribution is -2.47. The Labute approximate surface area is 107 Å². The van der Waals surface area contributed by atoms with Gasteiger partial charge in [0.2, 0.25) is 0 Å². The third-order valence-electron chi connectivity index (χ3n) is 4.16. The molecule has 2 atom stereocenters. The highest BCUT2D eigenvalue weighted by Crippen LogP contribution is 2.40. The van der Waals surface area contributed by atoms with Gasteiger partial charge in [0.1, 0.15) is 5.76 Å². The van der Waals surface area contributed by atoms with E-state index in [0.29, 0.717) is 23.7 Å². The summed E-state index contributed by atoms with van der Waals surface area (Å²) in [5.41, 5.74) is 0.484. The Morgan fingerprint density at radius 1 is 1.28 bits per heavy atom. The molecule has 18 heavy (non-hydrogen) atoms. The summed E-state index contributed by atoms with van der Waals surface area (Å²) in [6, 6.07) is 2.46. The fourth-order valence-electron chi connectivity index (χ4n) is 2.90. The zero-order valence-corrected chi connectivity index (χ0v) is 11.1. The average molecular weight is 248 g/mol. The van der Waals surface area contributed by atoms with Crippen LogP contribution >= 0.6 is 0 Å². The van der Waals surface area contributed by atoms with Crippen molar-refractivity contribution in [3.05, 3.63) is 17.5 Å². The third-order valence-corrected chi connectivity index (χ3v) is 4.16. The summed E-state index contributed by atoms with van der Waals surface area (Å²) in [5, 5.41) is 3.96. The Morgan fingerprint density at radius 2 is 1.94 bits per heavy atom. The molecule has 1 saturated heterocycles. The van der Waals surface area contributed by atoms with Crippen LogP contribution in [0.4, 0.5) is 0 Å². The number of amides is 1. The first-order valence-corrected chi connectivity index (χ1v) is 6.96. The number of aromatic nitrogens is 1. The summed E-state index contributed by atoms with van der Waals surface area (Å²) in [5.74, 6) is 1.43. The Kier molecular flexibility index (Phi) is 2.88. The maximum atomic E-state index is 12.5. The molecule has 0 N–H and O–H groups in total. The van der Waals surface area contributed by atoms with E-state index in [2.05, 4.69) is 19.0 Å². The van der Waals surface area contributed by atoms with Gasteiger partial charge in [-0.3, -0.25) is 4.79 Å². The van der Waals surface area contributed by atoms with E-state index in [1.54, 1.807) is 0 Å². The van der Waals surface area contributed by atoms with Gasteiger partial charge in [-0.2, -0.15) is 0 Å². The number of carbonyl (C=O) groups is 1. The normalized spacial score (nSPS) is 28.4. The molecule has 2 fully saturated rings. The monoisotopic (exact) mass is 248 g/mol. The maximum Gasteiger partial charge on any atom is 0.276 e. The largest absolute Gasteiger partial charge is 0.360 e. The van der Waals surface area contributed by atoms with E-state index in [1.807, 2.05) is 11.0 Å². The molecule has 3 rings (SSSR count). The molecule has 0 bridgehead atoms. The van der Waals surface area contributed by atoms with Crippen LogP contribution in [0.15, 0.2) is 10.6 Å². The van der Waals surface area contributed by atoms with Crippen LogP contribution in [0.5, 0.6) is 0 Å². The van der Waals surface area contributed by atoms with Gasteiger partial charge < -0.3 is 9.42 Å². The van der Waals surface area contributed by atoms with E-state index in [1.165, 1.54) is 19.3 Å². The van der Waals surface area contributed by atoms with Gasteiger partial charge in [-0.1, -0.05) is 5.16 Å². The molecule has 4 heteroatoms. The van der Waals surface area contributed by atoms with Crippen LogP contribution in [0.3, 0.4) is 0 Å². The minimum Gasteiger partial charge on any atom is -0.360 e. The summed E-state index contributed by atoms with van der Waals surface area (Å²) in [6.07, 6.45) is 5.71. The standard InChI is InChI=1S/C14H20N2O2/c1-9-4-3-5-10(2)16(9)14(17)12-8-13(18-15-12)11-6-7-11/h8-11H,3-7H2,1-2H3. The lowest BCUT2D eigenvalue weighted by Gasteiger charge is -2.38. The molecule has 1 aromatic heterocycles. The maximum absolute atomic E-state index is 12.5. The van der Waals surface area contributed by atoms with Crippen molar-refractivity contribution >= 4 is 5.91 Å². The van der Waals surface area contributed by atoms with Crippen molar-refractivity contribution in [1.29, 1.82) is 0 Å². The number of hydrogen-bond donors (Lipinski definition) is 0.